The second-order valence-corrected chi connectivity index (χ2v) is 8.90. The smallest absolute Gasteiger partial charge is 0.271 e. The molecule has 0 aliphatic heterocycles. The molecule has 192 valence electrons. The van der Waals surface area contributed by atoms with E-state index in [1.165, 1.54) is 29.3 Å². The lowest BCUT2D eigenvalue weighted by Gasteiger charge is -2.21. The van der Waals surface area contributed by atoms with E-state index >= 15 is 0 Å². The molecule has 4 rings (SSSR count). The summed E-state index contributed by atoms with van der Waals surface area (Å²) in [5, 5.41) is 29.7. The molecule has 1 unspecified atom stereocenters. The van der Waals surface area contributed by atoms with Crippen LogP contribution in [0.25, 0.3) is 0 Å². The number of rotatable bonds is 10. The summed E-state index contributed by atoms with van der Waals surface area (Å²) in [6, 6.07) is 3.07. The molecule has 12 heteroatoms. The number of aliphatic hydroxyl groups is 2. The number of aliphatic hydroxyl groups excluding tert-OH is 2. The van der Waals surface area contributed by atoms with Gasteiger partial charge in [0.25, 0.3) is 11.5 Å². The van der Waals surface area contributed by atoms with Gasteiger partial charge in [-0.2, -0.15) is 10.2 Å². The molecule has 1 saturated carbocycles. The highest BCUT2D eigenvalue weighted by Crippen LogP contribution is 2.32. The van der Waals surface area contributed by atoms with Crippen molar-refractivity contribution in [3.8, 4) is 11.5 Å². The van der Waals surface area contributed by atoms with E-state index in [4.69, 9.17) is 14.3 Å². The van der Waals surface area contributed by atoms with Crippen molar-refractivity contribution in [2.24, 2.45) is 5.92 Å². The third kappa shape index (κ3) is 6.07. The molecule has 0 aromatic carbocycles. The zero-order valence-electron chi connectivity index (χ0n) is 19.9. The van der Waals surface area contributed by atoms with Crippen LogP contribution >= 0.6 is 0 Å². The Morgan fingerprint density at radius 1 is 1.31 bits per heavy atom. The highest BCUT2D eigenvalue weighted by Gasteiger charge is 2.29. The lowest BCUT2D eigenvalue weighted by atomic mass is 9.98. The third-order valence-electron chi connectivity index (χ3n) is 6.16. The minimum absolute atomic E-state index is 0.0430. The molecule has 0 radical (unpaired) electrons. The van der Waals surface area contributed by atoms with Crippen molar-refractivity contribution >= 4 is 11.7 Å². The molecule has 1 aliphatic rings. The molecule has 2 atom stereocenters. The summed E-state index contributed by atoms with van der Waals surface area (Å²) in [5.74, 6) is 0.353. The zero-order chi connectivity index (χ0) is 25.7. The van der Waals surface area contributed by atoms with Gasteiger partial charge >= 0.3 is 0 Å². The van der Waals surface area contributed by atoms with Crippen LogP contribution in [0.4, 0.5) is 5.82 Å². The van der Waals surface area contributed by atoms with Crippen LogP contribution in [0.1, 0.15) is 43.9 Å². The second kappa shape index (κ2) is 11.3. The molecule has 36 heavy (non-hydrogen) atoms. The van der Waals surface area contributed by atoms with E-state index in [1.807, 2.05) is 0 Å². The highest BCUT2D eigenvalue weighted by molar-refractivity contribution is 5.92. The van der Waals surface area contributed by atoms with Crippen LogP contribution in [0.2, 0.25) is 0 Å². The van der Waals surface area contributed by atoms with E-state index in [1.54, 1.807) is 19.2 Å². The number of anilines is 1. The molecule has 3 aromatic heterocycles. The fraction of sp³-hybridized carbons (Fsp3) is 0.458. The Labute approximate surface area is 206 Å². The topological polar surface area (TPSA) is 162 Å². The van der Waals surface area contributed by atoms with Crippen molar-refractivity contribution < 1.29 is 24.2 Å². The predicted octanol–water partition coefficient (Wildman–Crippen LogP) is 1.61. The van der Waals surface area contributed by atoms with Gasteiger partial charge in [0.15, 0.2) is 11.6 Å². The summed E-state index contributed by atoms with van der Waals surface area (Å²) in [6.07, 6.45) is 7.65. The van der Waals surface area contributed by atoms with E-state index in [0.29, 0.717) is 6.42 Å². The summed E-state index contributed by atoms with van der Waals surface area (Å²) in [6.45, 7) is 1.23. The van der Waals surface area contributed by atoms with Gasteiger partial charge in [-0.25, -0.2) is 4.68 Å². The van der Waals surface area contributed by atoms with E-state index in [2.05, 4.69) is 15.5 Å². The predicted molar refractivity (Wildman–Crippen MR) is 128 cm³/mol. The number of hydrogen-bond acceptors (Lipinski definition) is 9. The number of carbonyl (C=O) groups is 1. The van der Waals surface area contributed by atoms with Crippen LogP contribution in [-0.2, 0) is 11.3 Å². The monoisotopic (exact) mass is 499 g/mol. The van der Waals surface area contributed by atoms with Gasteiger partial charge in [0, 0.05) is 24.4 Å². The molecule has 1 fully saturated rings. The third-order valence-corrected chi connectivity index (χ3v) is 6.16. The molecular weight excluding hydrogens is 470 g/mol. The van der Waals surface area contributed by atoms with Crippen molar-refractivity contribution in [2.75, 3.05) is 11.9 Å². The molecule has 3 N–H and O–H groups in total. The van der Waals surface area contributed by atoms with Crippen molar-refractivity contribution in [3.63, 3.8) is 0 Å². The van der Waals surface area contributed by atoms with E-state index in [9.17, 15) is 19.5 Å². The maximum atomic E-state index is 13.3. The standard InChI is InChI=1S/C24H29N5O7/c1-15-23(20(32)7-9-35-15)36-18-11-22(33)29(25-12-18)19(10-16-4-2-3-5-16)24(34)26-21-6-8-28(27-21)13-17(31)14-30/h6-9,11-12,16-17,19,30-31H,2-5,10,13-14H2,1H3,(H,26,27,34)/t17-,19?/m1/s1. The molecule has 0 saturated heterocycles. The van der Waals surface area contributed by atoms with Crippen molar-refractivity contribution in [3.05, 3.63) is 63.2 Å². The maximum Gasteiger partial charge on any atom is 0.271 e. The molecule has 0 bridgehead atoms. The highest BCUT2D eigenvalue weighted by atomic mass is 16.5. The summed E-state index contributed by atoms with van der Waals surface area (Å²) < 4.78 is 13.3. The first-order valence-electron chi connectivity index (χ1n) is 11.8. The molecule has 1 aliphatic carbocycles. The zero-order valence-corrected chi connectivity index (χ0v) is 19.9. The lowest BCUT2D eigenvalue weighted by molar-refractivity contribution is -0.120. The van der Waals surface area contributed by atoms with Gasteiger partial charge in [0.1, 0.15) is 11.8 Å². The van der Waals surface area contributed by atoms with Gasteiger partial charge in [-0.3, -0.25) is 19.1 Å². The lowest BCUT2D eigenvalue weighted by Crippen LogP contribution is -2.36. The minimum atomic E-state index is -0.974. The summed E-state index contributed by atoms with van der Waals surface area (Å²) in [7, 11) is 0. The number of aromatic nitrogens is 4. The van der Waals surface area contributed by atoms with Gasteiger partial charge in [-0.1, -0.05) is 25.7 Å². The number of amides is 1. The van der Waals surface area contributed by atoms with E-state index in [-0.39, 0.29) is 35.5 Å². The fourth-order valence-corrected chi connectivity index (χ4v) is 4.32. The Morgan fingerprint density at radius 2 is 2.08 bits per heavy atom. The SMILES string of the molecule is Cc1occc(=O)c1Oc1cnn(C(CC2CCCC2)C(=O)Nc2ccn(C[C@@H](O)CO)n2)c(=O)c1. The largest absolute Gasteiger partial charge is 0.465 e. The molecule has 3 heterocycles. The van der Waals surface area contributed by atoms with Gasteiger partial charge < -0.3 is 24.7 Å². The van der Waals surface area contributed by atoms with Gasteiger partial charge in [0.05, 0.1) is 31.7 Å². The van der Waals surface area contributed by atoms with Crippen LogP contribution in [-0.4, -0.2) is 48.4 Å². The number of carbonyl (C=O) groups excluding carboxylic acids is 1. The average Bonchev–Trinajstić information content (AvgIpc) is 3.52. The second-order valence-electron chi connectivity index (χ2n) is 8.90. The summed E-state index contributed by atoms with van der Waals surface area (Å²) in [4.78, 5) is 38.3. The van der Waals surface area contributed by atoms with Crippen LogP contribution in [0, 0.1) is 12.8 Å². The Balaban J connectivity index is 1.55. The minimum Gasteiger partial charge on any atom is -0.465 e. The fourth-order valence-electron chi connectivity index (χ4n) is 4.32. The molecule has 3 aromatic rings. The van der Waals surface area contributed by atoms with E-state index < -0.39 is 35.6 Å². The first kappa shape index (κ1) is 25.3. The summed E-state index contributed by atoms with van der Waals surface area (Å²) in [5.41, 5.74) is -0.951. The molecule has 1 amide bonds. The van der Waals surface area contributed by atoms with Gasteiger partial charge in [-0.05, 0) is 19.3 Å². The number of aryl methyl sites for hydroxylation is 1. The summed E-state index contributed by atoms with van der Waals surface area (Å²) >= 11 is 0. The number of ether oxygens (including phenoxy) is 1. The van der Waals surface area contributed by atoms with Crippen LogP contribution < -0.4 is 21.0 Å². The van der Waals surface area contributed by atoms with Gasteiger partial charge in [0.2, 0.25) is 11.2 Å². The normalized spacial score (nSPS) is 15.5. The Kier molecular flexibility index (Phi) is 7.96. The van der Waals surface area contributed by atoms with Crippen LogP contribution in [0.3, 0.4) is 0 Å². The number of hydrogen-bond donors (Lipinski definition) is 3. The Bertz CT molecular complexity index is 1310. The van der Waals surface area contributed by atoms with Crippen molar-refractivity contribution in [1.29, 1.82) is 0 Å². The molecular formula is C24H29N5O7. The first-order valence-corrected chi connectivity index (χ1v) is 11.8. The van der Waals surface area contributed by atoms with Gasteiger partial charge in [-0.15, -0.1) is 0 Å². The van der Waals surface area contributed by atoms with Crippen molar-refractivity contribution in [1.82, 2.24) is 19.6 Å². The Morgan fingerprint density at radius 3 is 2.78 bits per heavy atom. The quantitative estimate of drug-likeness (QED) is 0.376. The molecule has 0 spiro atoms. The van der Waals surface area contributed by atoms with Crippen LogP contribution in [0.5, 0.6) is 11.5 Å². The number of nitrogens with one attached hydrogen (secondary N) is 1. The average molecular weight is 500 g/mol. The molecule has 12 nitrogen and oxygen atoms in total. The number of nitrogens with zero attached hydrogens (tertiary/aromatic N) is 4. The van der Waals surface area contributed by atoms with Crippen LogP contribution in [0.15, 0.2) is 50.9 Å². The van der Waals surface area contributed by atoms with E-state index in [0.717, 1.165) is 30.4 Å². The van der Waals surface area contributed by atoms with Crippen molar-refractivity contribution in [2.45, 2.75) is 57.7 Å². The Hall–Kier alpha value is -3.77. The maximum absolute atomic E-state index is 13.3. The first-order chi connectivity index (χ1) is 17.3.